The quantitative estimate of drug-likeness (QED) is 0.651. The highest BCUT2D eigenvalue weighted by Gasteiger charge is 2.11. The van der Waals surface area contributed by atoms with E-state index in [1.807, 2.05) is 60.7 Å². The zero-order valence-electron chi connectivity index (χ0n) is 13.4. The molecule has 0 atom stereocenters. The molecule has 0 aromatic heterocycles. The summed E-state index contributed by atoms with van der Waals surface area (Å²) in [6.07, 6.45) is 0.129. The van der Waals surface area contributed by atoms with Crippen molar-refractivity contribution in [3.05, 3.63) is 76.8 Å². The predicted molar refractivity (Wildman–Crippen MR) is 101 cm³/mol. The number of anilines is 1. The second-order valence-electron chi connectivity index (χ2n) is 5.50. The van der Waals surface area contributed by atoms with Crippen LogP contribution in [0.4, 0.5) is 5.69 Å². The molecule has 0 aliphatic rings. The maximum absolute atomic E-state index is 12.1. The molecule has 0 aliphatic heterocycles. The van der Waals surface area contributed by atoms with Gasteiger partial charge in [-0.2, -0.15) is 0 Å². The Hall–Kier alpha value is -2.66. The van der Waals surface area contributed by atoms with Gasteiger partial charge in [0.2, 0.25) is 0 Å². The van der Waals surface area contributed by atoms with E-state index < -0.39 is 5.97 Å². The number of carbonyl (C=O) groups excluding carboxylic acids is 2. The highest BCUT2D eigenvalue weighted by atomic mass is 79.9. The molecule has 0 radical (unpaired) electrons. The van der Waals surface area contributed by atoms with Crippen molar-refractivity contribution in [2.75, 3.05) is 11.9 Å². The maximum atomic E-state index is 12.1. The van der Waals surface area contributed by atoms with E-state index >= 15 is 0 Å². The van der Waals surface area contributed by atoms with Crippen LogP contribution in [0.5, 0.6) is 0 Å². The van der Waals surface area contributed by atoms with E-state index in [2.05, 4.69) is 21.2 Å². The van der Waals surface area contributed by atoms with Crippen molar-refractivity contribution in [2.45, 2.75) is 6.42 Å². The number of halogens is 1. The Bertz CT molecular complexity index is 918. The molecule has 0 bridgehead atoms. The number of carbonyl (C=O) groups is 2. The lowest BCUT2D eigenvalue weighted by atomic mass is 10.0. The van der Waals surface area contributed by atoms with Crippen molar-refractivity contribution in [3.8, 4) is 0 Å². The van der Waals surface area contributed by atoms with Crippen LogP contribution in [0.25, 0.3) is 10.8 Å². The number of para-hydroxylation sites is 1. The first-order chi connectivity index (χ1) is 12.1. The largest absolute Gasteiger partial charge is 0.455 e. The molecular weight excluding hydrogens is 382 g/mol. The number of esters is 1. The number of fused-ring (bicyclic) bond motifs is 1. The van der Waals surface area contributed by atoms with Gasteiger partial charge in [-0.25, -0.2) is 0 Å². The fourth-order valence-corrected chi connectivity index (χ4v) is 2.93. The zero-order valence-corrected chi connectivity index (χ0v) is 15.0. The van der Waals surface area contributed by atoms with Crippen LogP contribution in [0.3, 0.4) is 0 Å². The summed E-state index contributed by atoms with van der Waals surface area (Å²) in [5.74, 6) is -0.809. The van der Waals surface area contributed by atoms with Crippen molar-refractivity contribution < 1.29 is 14.3 Å². The minimum Gasteiger partial charge on any atom is -0.455 e. The Morgan fingerprint density at radius 3 is 2.48 bits per heavy atom. The molecule has 3 aromatic carbocycles. The van der Waals surface area contributed by atoms with Crippen LogP contribution in [0.1, 0.15) is 5.56 Å². The highest BCUT2D eigenvalue weighted by molar-refractivity contribution is 9.10. The molecule has 0 aliphatic carbocycles. The zero-order chi connectivity index (χ0) is 17.6. The minimum atomic E-state index is -0.432. The molecule has 126 valence electrons. The van der Waals surface area contributed by atoms with Gasteiger partial charge in [0.1, 0.15) is 0 Å². The Morgan fingerprint density at radius 2 is 1.64 bits per heavy atom. The third kappa shape index (κ3) is 4.45. The number of rotatable bonds is 5. The van der Waals surface area contributed by atoms with Crippen LogP contribution in [0, 0.1) is 0 Å². The lowest BCUT2D eigenvalue weighted by Crippen LogP contribution is -2.21. The average Bonchev–Trinajstić information content (AvgIpc) is 2.62. The molecule has 3 rings (SSSR count). The maximum Gasteiger partial charge on any atom is 0.310 e. The molecule has 0 unspecified atom stereocenters. The summed E-state index contributed by atoms with van der Waals surface area (Å²) < 4.78 is 5.87. The van der Waals surface area contributed by atoms with Crippen molar-refractivity contribution >= 4 is 44.3 Å². The molecule has 1 N–H and O–H groups in total. The van der Waals surface area contributed by atoms with Crippen molar-refractivity contribution in [1.82, 2.24) is 0 Å². The van der Waals surface area contributed by atoms with Gasteiger partial charge < -0.3 is 10.1 Å². The Morgan fingerprint density at radius 1 is 0.920 bits per heavy atom. The third-order valence-electron chi connectivity index (χ3n) is 3.73. The highest BCUT2D eigenvalue weighted by Crippen LogP contribution is 2.21. The topological polar surface area (TPSA) is 55.4 Å². The van der Waals surface area contributed by atoms with E-state index in [4.69, 9.17) is 4.74 Å². The van der Waals surface area contributed by atoms with E-state index in [0.29, 0.717) is 5.69 Å². The van der Waals surface area contributed by atoms with Crippen molar-refractivity contribution in [3.63, 3.8) is 0 Å². The van der Waals surface area contributed by atoms with Gasteiger partial charge in [-0.05, 0) is 44.4 Å². The molecule has 0 spiro atoms. The fourth-order valence-electron chi connectivity index (χ4n) is 2.55. The van der Waals surface area contributed by atoms with E-state index in [1.54, 1.807) is 6.07 Å². The summed E-state index contributed by atoms with van der Waals surface area (Å²) in [6, 6.07) is 20.9. The molecular formula is C20H16BrNO3. The van der Waals surface area contributed by atoms with E-state index in [9.17, 15) is 9.59 Å². The van der Waals surface area contributed by atoms with Crippen LogP contribution < -0.4 is 5.32 Å². The molecule has 5 heteroatoms. The Balaban J connectivity index is 1.57. The van der Waals surface area contributed by atoms with E-state index in [1.165, 1.54) is 0 Å². The standard InChI is InChI=1S/C20H16BrNO3/c21-17-10-3-4-11-18(17)22-19(23)13-25-20(24)12-15-8-5-7-14-6-1-2-9-16(14)15/h1-11H,12-13H2,(H,22,23). The minimum absolute atomic E-state index is 0.129. The Labute approximate surface area is 153 Å². The third-order valence-corrected chi connectivity index (χ3v) is 4.42. The monoisotopic (exact) mass is 397 g/mol. The Kier molecular flexibility index (Phi) is 5.46. The van der Waals surface area contributed by atoms with Crippen LogP contribution in [-0.2, 0) is 20.7 Å². The molecule has 0 heterocycles. The lowest BCUT2D eigenvalue weighted by molar-refractivity contribution is -0.146. The molecule has 4 nitrogen and oxygen atoms in total. The SMILES string of the molecule is O=C(COC(=O)Cc1cccc2ccccc12)Nc1ccccc1Br. The summed E-state index contributed by atoms with van der Waals surface area (Å²) in [5.41, 5.74) is 1.52. The smallest absolute Gasteiger partial charge is 0.310 e. The number of hydrogen-bond acceptors (Lipinski definition) is 3. The van der Waals surface area contributed by atoms with Gasteiger partial charge in [-0.3, -0.25) is 9.59 Å². The second-order valence-corrected chi connectivity index (χ2v) is 6.36. The fraction of sp³-hybridized carbons (Fsp3) is 0.100. The molecule has 0 saturated heterocycles. The van der Waals surface area contributed by atoms with Gasteiger partial charge in [0.15, 0.2) is 6.61 Å². The van der Waals surface area contributed by atoms with E-state index in [0.717, 1.165) is 20.8 Å². The van der Waals surface area contributed by atoms with Gasteiger partial charge in [-0.1, -0.05) is 54.6 Å². The predicted octanol–water partition coefficient (Wildman–Crippen LogP) is 4.33. The van der Waals surface area contributed by atoms with Gasteiger partial charge >= 0.3 is 5.97 Å². The van der Waals surface area contributed by atoms with E-state index in [-0.39, 0.29) is 18.9 Å². The summed E-state index contributed by atoms with van der Waals surface area (Å²) in [5, 5.41) is 4.78. The summed E-state index contributed by atoms with van der Waals surface area (Å²) in [6.45, 7) is -0.315. The number of hydrogen-bond donors (Lipinski definition) is 1. The van der Waals surface area contributed by atoms with Crippen LogP contribution in [-0.4, -0.2) is 18.5 Å². The average molecular weight is 398 g/mol. The number of benzene rings is 3. The van der Waals surface area contributed by atoms with Crippen LogP contribution >= 0.6 is 15.9 Å². The van der Waals surface area contributed by atoms with Gasteiger partial charge in [0.25, 0.3) is 5.91 Å². The van der Waals surface area contributed by atoms with Crippen molar-refractivity contribution in [1.29, 1.82) is 0 Å². The summed E-state index contributed by atoms with van der Waals surface area (Å²) >= 11 is 3.35. The number of nitrogens with one attached hydrogen (secondary N) is 1. The van der Waals surface area contributed by atoms with Gasteiger partial charge in [0.05, 0.1) is 12.1 Å². The van der Waals surface area contributed by atoms with Gasteiger partial charge in [-0.15, -0.1) is 0 Å². The molecule has 3 aromatic rings. The summed E-state index contributed by atoms with van der Waals surface area (Å²) in [4.78, 5) is 24.0. The van der Waals surface area contributed by atoms with Crippen LogP contribution in [0.15, 0.2) is 71.2 Å². The first-order valence-corrected chi connectivity index (χ1v) is 8.59. The first-order valence-electron chi connectivity index (χ1n) is 7.80. The second kappa shape index (κ2) is 7.94. The first kappa shape index (κ1) is 17.2. The van der Waals surface area contributed by atoms with Crippen molar-refractivity contribution in [2.24, 2.45) is 0 Å². The molecule has 0 fully saturated rings. The number of amides is 1. The van der Waals surface area contributed by atoms with Gasteiger partial charge in [0, 0.05) is 4.47 Å². The molecule has 1 amide bonds. The number of ether oxygens (including phenoxy) is 1. The van der Waals surface area contributed by atoms with Crippen LogP contribution in [0.2, 0.25) is 0 Å². The molecule has 0 saturated carbocycles. The molecule has 25 heavy (non-hydrogen) atoms. The normalized spacial score (nSPS) is 10.4. The lowest BCUT2D eigenvalue weighted by Gasteiger charge is -2.09. The summed E-state index contributed by atoms with van der Waals surface area (Å²) in [7, 11) is 0.